The maximum atomic E-state index is 12.9. The van der Waals surface area contributed by atoms with Crippen LogP contribution in [0.25, 0.3) is 5.57 Å². The SMILES string of the molecule is Cc1cccc(N2CCN(C3=C(c4ccc([N+](=O)[O-])cc4)C(=O)N(C)C3=O)CC2)c1. The van der Waals surface area contributed by atoms with Crippen LogP contribution in [-0.2, 0) is 9.59 Å². The molecule has 0 spiro atoms. The van der Waals surface area contributed by atoms with Gasteiger partial charge in [0, 0.05) is 51.0 Å². The van der Waals surface area contributed by atoms with Gasteiger partial charge in [-0.2, -0.15) is 0 Å². The number of benzene rings is 2. The van der Waals surface area contributed by atoms with E-state index in [1.54, 1.807) is 0 Å². The van der Waals surface area contributed by atoms with Gasteiger partial charge in [-0.1, -0.05) is 12.1 Å². The largest absolute Gasteiger partial charge is 0.368 e. The summed E-state index contributed by atoms with van der Waals surface area (Å²) in [6.07, 6.45) is 0. The van der Waals surface area contributed by atoms with E-state index in [2.05, 4.69) is 30.0 Å². The van der Waals surface area contributed by atoms with Crippen LogP contribution in [0.1, 0.15) is 11.1 Å². The number of nitro benzene ring substituents is 1. The van der Waals surface area contributed by atoms with Gasteiger partial charge in [0.1, 0.15) is 5.70 Å². The van der Waals surface area contributed by atoms with E-state index in [-0.39, 0.29) is 17.5 Å². The molecule has 4 rings (SSSR count). The number of non-ortho nitro benzene ring substituents is 1. The summed E-state index contributed by atoms with van der Waals surface area (Å²) in [5, 5.41) is 10.9. The molecular formula is C22H22N4O4. The van der Waals surface area contributed by atoms with Crippen LogP contribution in [0.2, 0.25) is 0 Å². The molecule has 154 valence electrons. The van der Waals surface area contributed by atoms with Gasteiger partial charge in [-0.25, -0.2) is 0 Å². The van der Waals surface area contributed by atoms with E-state index in [0.29, 0.717) is 29.9 Å². The zero-order valence-electron chi connectivity index (χ0n) is 16.9. The molecule has 2 aliphatic rings. The molecule has 0 saturated carbocycles. The summed E-state index contributed by atoms with van der Waals surface area (Å²) in [5.41, 5.74) is 3.47. The fraction of sp³-hybridized carbons (Fsp3) is 0.273. The van der Waals surface area contributed by atoms with Gasteiger partial charge in [0.25, 0.3) is 17.5 Å². The molecule has 2 aromatic rings. The van der Waals surface area contributed by atoms with Gasteiger partial charge in [-0.05, 0) is 42.3 Å². The molecule has 0 aliphatic carbocycles. The zero-order chi connectivity index (χ0) is 21.4. The zero-order valence-corrected chi connectivity index (χ0v) is 16.9. The number of likely N-dealkylation sites (N-methyl/N-ethyl adjacent to an activating group) is 1. The molecule has 2 amide bonds. The topological polar surface area (TPSA) is 87.0 Å². The lowest BCUT2D eigenvalue weighted by molar-refractivity contribution is -0.384. The number of carbonyl (C=O) groups excluding carboxylic acids is 2. The molecule has 0 aromatic heterocycles. The Hall–Kier alpha value is -3.68. The van der Waals surface area contributed by atoms with Crippen molar-refractivity contribution in [2.24, 2.45) is 0 Å². The quantitative estimate of drug-likeness (QED) is 0.440. The highest BCUT2D eigenvalue weighted by molar-refractivity contribution is 6.35. The van der Waals surface area contributed by atoms with Gasteiger partial charge in [-0.15, -0.1) is 0 Å². The van der Waals surface area contributed by atoms with Crippen LogP contribution in [0.3, 0.4) is 0 Å². The number of nitrogens with zero attached hydrogens (tertiary/aromatic N) is 4. The number of imide groups is 1. The second kappa shape index (κ2) is 7.62. The second-order valence-electron chi connectivity index (χ2n) is 7.51. The van der Waals surface area contributed by atoms with E-state index < -0.39 is 4.92 Å². The minimum atomic E-state index is -0.489. The lowest BCUT2D eigenvalue weighted by atomic mass is 10.0. The number of rotatable bonds is 4. The van der Waals surface area contributed by atoms with Crippen LogP contribution in [0.15, 0.2) is 54.2 Å². The van der Waals surface area contributed by atoms with Crippen molar-refractivity contribution in [2.75, 3.05) is 38.1 Å². The van der Waals surface area contributed by atoms with Crippen LogP contribution < -0.4 is 4.90 Å². The van der Waals surface area contributed by atoms with Crippen molar-refractivity contribution < 1.29 is 14.5 Å². The summed E-state index contributed by atoms with van der Waals surface area (Å²) >= 11 is 0. The number of hydrogen-bond donors (Lipinski definition) is 0. The molecule has 0 unspecified atom stereocenters. The standard InChI is InChI=1S/C22H22N4O4/c1-15-4-3-5-18(14-15)24-10-12-25(13-11-24)20-19(21(27)23(2)22(20)28)16-6-8-17(9-7-16)26(29)30/h3-9,14H,10-13H2,1-2H3. The molecule has 0 atom stereocenters. The Morgan fingerprint density at radius 3 is 2.13 bits per heavy atom. The van der Waals surface area contributed by atoms with Crippen LogP contribution in [-0.4, -0.2) is 59.8 Å². The van der Waals surface area contributed by atoms with Crippen molar-refractivity contribution in [3.8, 4) is 0 Å². The third-order valence-corrected chi connectivity index (χ3v) is 5.59. The monoisotopic (exact) mass is 406 g/mol. The normalized spacial score (nSPS) is 17.2. The third kappa shape index (κ3) is 3.41. The number of amides is 2. The summed E-state index contributed by atoms with van der Waals surface area (Å²) in [5.74, 6) is -0.720. The Morgan fingerprint density at radius 2 is 1.53 bits per heavy atom. The van der Waals surface area contributed by atoms with Crippen LogP contribution in [0, 0.1) is 17.0 Å². The third-order valence-electron chi connectivity index (χ3n) is 5.59. The maximum absolute atomic E-state index is 12.9. The van der Waals surface area contributed by atoms with Crippen molar-refractivity contribution in [1.29, 1.82) is 0 Å². The maximum Gasteiger partial charge on any atom is 0.277 e. The van der Waals surface area contributed by atoms with Gasteiger partial charge in [0.15, 0.2) is 0 Å². The minimum absolute atomic E-state index is 0.0576. The first kappa shape index (κ1) is 19.6. The molecule has 2 aromatic carbocycles. The summed E-state index contributed by atoms with van der Waals surface area (Å²) in [7, 11) is 1.46. The van der Waals surface area contributed by atoms with Crippen molar-refractivity contribution >= 4 is 28.8 Å². The number of nitro groups is 1. The van der Waals surface area contributed by atoms with E-state index in [1.807, 2.05) is 11.0 Å². The number of aryl methyl sites for hydroxylation is 1. The summed E-state index contributed by atoms with van der Waals surface area (Å²) in [6.45, 7) is 4.72. The Labute approximate surface area is 174 Å². The van der Waals surface area contributed by atoms with Crippen molar-refractivity contribution in [1.82, 2.24) is 9.80 Å². The summed E-state index contributed by atoms with van der Waals surface area (Å²) in [4.78, 5) is 41.4. The molecule has 8 nitrogen and oxygen atoms in total. The van der Waals surface area contributed by atoms with Gasteiger partial charge in [-0.3, -0.25) is 24.6 Å². The molecule has 30 heavy (non-hydrogen) atoms. The Kier molecular flexibility index (Phi) is 4.99. The minimum Gasteiger partial charge on any atom is -0.368 e. The number of anilines is 1. The second-order valence-corrected chi connectivity index (χ2v) is 7.51. The van der Waals surface area contributed by atoms with Crippen LogP contribution in [0.4, 0.5) is 11.4 Å². The van der Waals surface area contributed by atoms with Crippen molar-refractivity contribution in [3.63, 3.8) is 0 Å². The average molecular weight is 406 g/mol. The van der Waals surface area contributed by atoms with E-state index in [4.69, 9.17) is 0 Å². The molecule has 0 bridgehead atoms. The molecule has 2 aliphatic heterocycles. The first-order valence-corrected chi connectivity index (χ1v) is 9.75. The smallest absolute Gasteiger partial charge is 0.277 e. The molecule has 2 heterocycles. The average Bonchev–Trinajstić information content (AvgIpc) is 2.98. The highest BCUT2D eigenvalue weighted by Crippen LogP contribution is 2.32. The summed E-state index contributed by atoms with van der Waals surface area (Å²) in [6, 6.07) is 14.1. The van der Waals surface area contributed by atoms with Crippen molar-refractivity contribution in [3.05, 3.63) is 75.5 Å². The molecule has 8 heteroatoms. The molecule has 0 N–H and O–H groups in total. The Morgan fingerprint density at radius 1 is 0.900 bits per heavy atom. The molecule has 1 saturated heterocycles. The molecular weight excluding hydrogens is 384 g/mol. The number of piperazine rings is 1. The van der Waals surface area contributed by atoms with E-state index >= 15 is 0 Å². The lowest BCUT2D eigenvalue weighted by Gasteiger charge is -2.37. The fourth-order valence-electron chi connectivity index (χ4n) is 3.94. The highest BCUT2D eigenvalue weighted by Gasteiger charge is 2.40. The van der Waals surface area contributed by atoms with E-state index in [9.17, 15) is 19.7 Å². The Bertz CT molecular complexity index is 1050. The van der Waals surface area contributed by atoms with E-state index in [1.165, 1.54) is 36.9 Å². The van der Waals surface area contributed by atoms with Gasteiger partial charge in [0.05, 0.1) is 10.5 Å². The first-order chi connectivity index (χ1) is 14.4. The predicted octanol–water partition coefficient (Wildman–Crippen LogP) is 2.44. The van der Waals surface area contributed by atoms with Crippen LogP contribution >= 0.6 is 0 Å². The van der Waals surface area contributed by atoms with Crippen LogP contribution in [0.5, 0.6) is 0 Å². The first-order valence-electron chi connectivity index (χ1n) is 9.75. The van der Waals surface area contributed by atoms with Gasteiger partial charge >= 0.3 is 0 Å². The number of hydrogen-bond acceptors (Lipinski definition) is 6. The lowest BCUT2D eigenvalue weighted by Crippen LogP contribution is -2.47. The summed E-state index contributed by atoms with van der Waals surface area (Å²) < 4.78 is 0. The van der Waals surface area contributed by atoms with Gasteiger partial charge < -0.3 is 9.80 Å². The molecule has 1 fully saturated rings. The fourth-order valence-corrected chi connectivity index (χ4v) is 3.94. The Balaban J connectivity index is 1.62. The van der Waals surface area contributed by atoms with Gasteiger partial charge in [0.2, 0.25) is 0 Å². The molecule has 0 radical (unpaired) electrons. The van der Waals surface area contributed by atoms with Crippen molar-refractivity contribution in [2.45, 2.75) is 6.92 Å². The predicted molar refractivity (Wildman–Crippen MR) is 113 cm³/mol. The number of carbonyl (C=O) groups is 2. The van der Waals surface area contributed by atoms with E-state index in [0.717, 1.165) is 23.7 Å². The highest BCUT2D eigenvalue weighted by atomic mass is 16.6.